The first-order chi connectivity index (χ1) is 7.25. The van der Waals surface area contributed by atoms with Crippen molar-refractivity contribution in [2.45, 2.75) is 24.8 Å². The van der Waals surface area contributed by atoms with Gasteiger partial charge in [-0.15, -0.1) is 11.6 Å². The van der Waals surface area contributed by atoms with Crippen molar-refractivity contribution in [2.75, 3.05) is 13.1 Å². The summed E-state index contributed by atoms with van der Waals surface area (Å²) in [6.07, 6.45) is 2.19. The summed E-state index contributed by atoms with van der Waals surface area (Å²) in [4.78, 5) is 2.22. The van der Waals surface area contributed by atoms with Gasteiger partial charge in [-0.3, -0.25) is 4.90 Å². The molecule has 1 saturated heterocycles. The zero-order valence-electron chi connectivity index (χ0n) is 8.63. The largest absolute Gasteiger partial charge is 0.298 e. The summed E-state index contributed by atoms with van der Waals surface area (Å²) in [5.74, 6) is -0.116. The fourth-order valence-corrected chi connectivity index (χ4v) is 2.36. The van der Waals surface area contributed by atoms with Crippen molar-refractivity contribution >= 4 is 11.6 Å². The van der Waals surface area contributed by atoms with Gasteiger partial charge in [0.15, 0.2) is 0 Å². The molecule has 1 aliphatic heterocycles. The van der Waals surface area contributed by atoms with Gasteiger partial charge in [0.25, 0.3) is 0 Å². The van der Waals surface area contributed by atoms with Crippen LogP contribution in [0.3, 0.4) is 0 Å². The summed E-state index contributed by atoms with van der Waals surface area (Å²) >= 11 is 6.08. The molecule has 1 fully saturated rings. The van der Waals surface area contributed by atoms with Gasteiger partial charge in [-0.2, -0.15) is 0 Å². The van der Waals surface area contributed by atoms with E-state index in [0.29, 0.717) is 6.54 Å². The monoisotopic (exact) mass is 227 g/mol. The van der Waals surface area contributed by atoms with Crippen molar-refractivity contribution in [3.05, 3.63) is 35.6 Å². The zero-order valence-corrected chi connectivity index (χ0v) is 9.38. The summed E-state index contributed by atoms with van der Waals surface area (Å²) in [6, 6.07) is 6.95. The Balaban J connectivity index is 1.99. The van der Waals surface area contributed by atoms with Crippen LogP contribution in [-0.4, -0.2) is 23.4 Å². The fourth-order valence-electron chi connectivity index (χ4n) is 2.01. The summed E-state index contributed by atoms with van der Waals surface area (Å²) in [5.41, 5.74) is 0.767. The van der Waals surface area contributed by atoms with Crippen molar-refractivity contribution in [2.24, 2.45) is 0 Å². The molecule has 0 radical (unpaired) electrons. The van der Waals surface area contributed by atoms with Crippen LogP contribution in [0.15, 0.2) is 24.3 Å². The lowest BCUT2D eigenvalue weighted by atomic mass is 10.1. The normalized spacial score (nSPS) is 22.9. The van der Waals surface area contributed by atoms with Crippen molar-refractivity contribution in [1.82, 2.24) is 4.90 Å². The molecular weight excluding hydrogens is 213 g/mol. The molecule has 2 rings (SSSR count). The summed E-state index contributed by atoms with van der Waals surface area (Å²) in [6.45, 7) is 2.57. The maximum Gasteiger partial charge on any atom is 0.127 e. The van der Waals surface area contributed by atoms with Crippen LogP contribution < -0.4 is 0 Å². The highest BCUT2D eigenvalue weighted by Crippen LogP contribution is 2.18. The van der Waals surface area contributed by atoms with Crippen LogP contribution in [0.5, 0.6) is 0 Å². The van der Waals surface area contributed by atoms with E-state index in [0.717, 1.165) is 31.5 Å². The highest BCUT2D eigenvalue weighted by atomic mass is 35.5. The van der Waals surface area contributed by atoms with Gasteiger partial charge in [0, 0.05) is 24.0 Å². The Morgan fingerprint density at radius 3 is 2.93 bits per heavy atom. The number of rotatable bonds is 2. The van der Waals surface area contributed by atoms with Gasteiger partial charge in [-0.25, -0.2) is 4.39 Å². The average Bonchev–Trinajstić information content (AvgIpc) is 2.22. The third-order valence-electron chi connectivity index (χ3n) is 2.80. The molecule has 1 aromatic carbocycles. The van der Waals surface area contributed by atoms with E-state index in [9.17, 15) is 4.39 Å². The fraction of sp³-hybridized carbons (Fsp3) is 0.500. The van der Waals surface area contributed by atoms with Crippen LogP contribution >= 0.6 is 11.6 Å². The topological polar surface area (TPSA) is 3.24 Å². The van der Waals surface area contributed by atoms with Crippen molar-refractivity contribution in [3.8, 4) is 0 Å². The van der Waals surface area contributed by atoms with Crippen LogP contribution in [-0.2, 0) is 6.54 Å². The minimum Gasteiger partial charge on any atom is -0.298 e. The molecule has 0 aromatic heterocycles. The first-order valence-corrected chi connectivity index (χ1v) is 5.79. The van der Waals surface area contributed by atoms with Crippen LogP contribution in [0.1, 0.15) is 18.4 Å². The molecular formula is C12H15ClFN. The Morgan fingerprint density at radius 2 is 2.20 bits per heavy atom. The van der Waals surface area contributed by atoms with Gasteiger partial charge in [0.2, 0.25) is 0 Å². The maximum atomic E-state index is 13.4. The van der Waals surface area contributed by atoms with Crippen molar-refractivity contribution in [1.29, 1.82) is 0 Å². The van der Waals surface area contributed by atoms with Gasteiger partial charge < -0.3 is 0 Å². The van der Waals surface area contributed by atoms with E-state index >= 15 is 0 Å². The predicted molar refractivity (Wildman–Crippen MR) is 60.6 cm³/mol. The Hall–Kier alpha value is -0.600. The first kappa shape index (κ1) is 10.9. The Labute approximate surface area is 94.8 Å². The van der Waals surface area contributed by atoms with E-state index in [1.165, 1.54) is 6.07 Å². The molecule has 1 nitrogen and oxygen atoms in total. The second kappa shape index (κ2) is 4.95. The maximum absolute atomic E-state index is 13.4. The van der Waals surface area contributed by atoms with Gasteiger partial charge in [-0.1, -0.05) is 18.2 Å². The van der Waals surface area contributed by atoms with E-state index in [-0.39, 0.29) is 11.2 Å². The third kappa shape index (κ3) is 2.93. The second-order valence-corrected chi connectivity index (χ2v) is 4.68. The van der Waals surface area contributed by atoms with Gasteiger partial charge in [-0.05, 0) is 25.5 Å². The minimum atomic E-state index is -0.116. The number of hydrogen-bond acceptors (Lipinski definition) is 1. The number of piperidine rings is 1. The SMILES string of the molecule is Fc1ccccc1CN1CCCC(Cl)C1. The molecule has 0 N–H and O–H groups in total. The highest BCUT2D eigenvalue weighted by Gasteiger charge is 2.18. The molecule has 3 heteroatoms. The van der Waals surface area contributed by atoms with Crippen LogP contribution in [0, 0.1) is 5.82 Å². The zero-order chi connectivity index (χ0) is 10.7. The quantitative estimate of drug-likeness (QED) is 0.702. The molecule has 15 heavy (non-hydrogen) atoms. The summed E-state index contributed by atoms with van der Waals surface area (Å²) in [7, 11) is 0. The third-order valence-corrected chi connectivity index (χ3v) is 3.16. The van der Waals surface area contributed by atoms with Gasteiger partial charge in [0.05, 0.1) is 0 Å². The molecule has 1 aliphatic rings. The lowest BCUT2D eigenvalue weighted by Crippen LogP contribution is -2.35. The molecule has 1 heterocycles. The number of nitrogens with zero attached hydrogens (tertiary/aromatic N) is 1. The van der Waals surface area contributed by atoms with E-state index < -0.39 is 0 Å². The van der Waals surface area contributed by atoms with Crippen LogP contribution in [0.25, 0.3) is 0 Å². The predicted octanol–water partition coefficient (Wildman–Crippen LogP) is 3.03. The number of halogens is 2. The number of benzene rings is 1. The lowest BCUT2D eigenvalue weighted by molar-refractivity contribution is 0.221. The molecule has 0 amide bonds. The van der Waals surface area contributed by atoms with Crippen LogP contribution in [0.4, 0.5) is 4.39 Å². The molecule has 0 bridgehead atoms. The van der Waals surface area contributed by atoms with Crippen molar-refractivity contribution < 1.29 is 4.39 Å². The van der Waals surface area contributed by atoms with E-state index in [1.807, 2.05) is 12.1 Å². The first-order valence-electron chi connectivity index (χ1n) is 5.35. The second-order valence-electron chi connectivity index (χ2n) is 4.07. The van der Waals surface area contributed by atoms with E-state index in [1.54, 1.807) is 6.07 Å². The Bertz CT molecular complexity index is 329. The Morgan fingerprint density at radius 1 is 1.40 bits per heavy atom. The van der Waals surface area contributed by atoms with Crippen LogP contribution in [0.2, 0.25) is 0 Å². The van der Waals surface area contributed by atoms with Gasteiger partial charge in [0.1, 0.15) is 5.82 Å². The Kier molecular flexibility index (Phi) is 3.60. The molecule has 1 aromatic rings. The molecule has 0 spiro atoms. The molecule has 0 saturated carbocycles. The van der Waals surface area contributed by atoms with Crippen molar-refractivity contribution in [3.63, 3.8) is 0 Å². The van der Waals surface area contributed by atoms with E-state index in [2.05, 4.69) is 4.90 Å². The summed E-state index contributed by atoms with van der Waals surface area (Å²) in [5, 5.41) is 0.227. The average molecular weight is 228 g/mol. The molecule has 1 atom stereocenters. The highest BCUT2D eigenvalue weighted by molar-refractivity contribution is 6.20. The standard InChI is InChI=1S/C12H15ClFN/c13-11-5-3-7-15(9-11)8-10-4-1-2-6-12(10)14/h1-2,4,6,11H,3,5,7-9H2. The number of likely N-dealkylation sites (tertiary alicyclic amines) is 1. The summed E-state index contributed by atoms with van der Waals surface area (Å²) < 4.78 is 13.4. The van der Waals surface area contributed by atoms with Gasteiger partial charge >= 0.3 is 0 Å². The number of alkyl halides is 1. The minimum absolute atomic E-state index is 0.116. The lowest BCUT2D eigenvalue weighted by Gasteiger charge is -2.29. The van der Waals surface area contributed by atoms with E-state index in [4.69, 9.17) is 11.6 Å². The molecule has 0 aliphatic carbocycles. The smallest absolute Gasteiger partial charge is 0.127 e. The number of hydrogen-bond donors (Lipinski definition) is 0. The molecule has 82 valence electrons. The molecule has 1 unspecified atom stereocenters.